The molecule has 1 aromatic carbocycles. The van der Waals surface area contributed by atoms with Crippen LogP contribution in [0.25, 0.3) is 17.2 Å². The summed E-state index contributed by atoms with van der Waals surface area (Å²) in [6.07, 6.45) is 7.69. The van der Waals surface area contributed by atoms with Crippen molar-refractivity contribution < 1.29 is 9.53 Å². The number of nitrogens with zero attached hydrogens (tertiary/aromatic N) is 6. The molecule has 0 bridgehead atoms. The average Bonchev–Trinajstić information content (AvgIpc) is 3.34. The molecule has 0 radical (unpaired) electrons. The Hall–Kier alpha value is -4.21. The number of rotatable bonds is 7. The van der Waals surface area contributed by atoms with E-state index >= 15 is 0 Å². The van der Waals surface area contributed by atoms with E-state index in [2.05, 4.69) is 25.5 Å². The standard InChI is InChI=1S/C24H26N8O2/c1-14(2)32-13-27-30-23(32)18-5-4-6-22(28-18)29-24(33)16-9-20(21(34-3)10-17(16)25)31-11-19(26-12-31)15-7-8-15/h4-6,9-15H,7-8,25H2,1-3H3,(H,28,29,33). The number of nitrogens with two attached hydrogens (primary N) is 1. The van der Waals surface area contributed by atoms with E-state index in [-0.39, 0.29) is 11.9 Å². The summed E-state index contributed by atoms with van der Waals surface area (Å²) in [6.45, 7) is 4.08. The van der Waals surface area contributed by atoms with E-state index in [4.69, 9.17) is 10.5 Å². The van der Waals surface area contributed by atoms with Gasteiger partial charge in [-0.05, 0) is 44.9 Å². The molecule has 3 N–H and O–H groups in total. The molecule has 4 aromatic rings. The number of aromatic nitrogens is 6. The number of benzene rings is 1. The lowest BCUT2D eigenvalue weighted by molar-refractivity contribution is 0.102. The van der Waals surface area contributed by atoms with E-state index in [0.29, 0.717) is 45.9 Å². The first-order chi connectivity index (χ1) is 16.4. The summed E-state index contributed by atoms with van der Waals surface area (Å²) in [5.74, 6) is 1.71. The van der Waals surface area contributed by atoms with Crippen molar-refractivity contribution >= 4 is 17.4 Å². The summed E-state index contributed by atoms with van der Waals surface area (Å²) >= 11 is 0. The first kappa shape index (κ1) is 21.6. The number of methoxy groups -OCH3 is 1. The van der Waals surface area contributed by atoms with Gasteiger partial charge < -0.3 is 24.9 Å². The summed E-state index contributed by atoms with van der Waals surface area (Å²) in [5, 5.41) is 11.0. The number of nitrogen functional groups attached to an aromatic ring is 1. The molecule has 0 saturated heterocycles. The second kappa shape index (κ2) is 8.62. The van der Waals surface area contributed by atoms with Crippen molar-refractivity contribution in [1.82, 2.24) is 29.3 Å². The van der Waals surface area contributed by atoms with Gasteiger partial charge in [-0.25, -0.2) is 9.97 Å². The minimum Gasteiger partial charge on any atom is -0.494 e. The van der Waals surface area contributed by atoms with Crippen LogP contribution in [0.15, 0.2) is 49.2 Å². The van der Waals surface area contributed by atoms with Crippen molar-refractivity contribution in [2.75, 3.05) is 18.2 Å². The molecule has 10 heteroatoms. The number of carbonyl (C=O) groups excluding carboxylic acids is 1. The maximum absolute atomic E-state index is 13.2. The third-order valence-electron chi connectivity index (χ3n) is 5.82. The molecule has 5 rings (SSSR count). The average molecular weight is 459 g/mol. The molecular weight excluding hydrogens is 432 g/mol. The molecule has 3 aromatic heterocycles. The van der Waals surface area contributed by atoms with E-state index in [1.165, 1.54) is 0 Å². The highest BCUT2D eigenvalue weighted by molar-refractivity contribution is 6.08. The lowest BCUT2D eigenvalue weighted by Crippen LogP contribution is -2.16. The van der Waals surface area contributed by atoms with Gasteiger partial charge in [-0.2, -0.15) is 0 Å². The van der Waals surface area contributed by atoms with Gasteiger partial charge in [0.2, 0.25) is 0 Å². The predicted molar refractivity (Wildman–Crippen MR) is 128 cm³/mol. The molecule has 34 heavy (non-hydrogen) atoms. The van der Waals surface area contributed by atoms with Crippen LogP contribution in [0.2, 0.25) is 0 Å². The zero-order valence-electron chi connectivity index (χ0n) is 19.3. The topological polar surface area (TPSA) is 126 Å². The van der Waals surface area contributed by atoms with Gasteiger partial charge in [0, 0.05) is 29.9 Å². The Balaban J connectivity index is 1.44. The van der Waals surface area contributed by atoms with Gasteiger partial charge in [0.25, 0.3) is 5.91 Å². The first-order valence-corrected chi connectivity index (χ1v) is 11.1. The van der Waals surface area contributed by atoms with Crippen LogP contribution >= 0.6 is 0 Å². The third kappa shape index (κ3) is 4.09. The second-order valence-corrected chi connectivity index (χ2v) is 8.61. The SMILES string of the molecule is COc1cc(N)c(C(=O)Nc2cccc(-c3nncn3C(C)C)n2)cc1-n1cnc(C2CC2)c1. The lowest BCUT2D eigenvalue weighted by atomic mass is 10.1. The number of imidazole rings is 1. The van der Waals surface area contributed by atoms with Crippen molar-refractivity contribution in [1.29, 1.82) is 0 Å². The van der Waals surface area contributed by atoms with Gasteiger partial charge in [-0.15, -0.1) is 10.2 Å². The van der Waals surface area contributed by atoms with Crippen LogP contribution in [0.5, 0.6) is 5.75 Å². The molecule has 1 aliphatic rings. The largest absolute Gasteiger partial charge is 0.494 e. The number of pyridine rings is 1. The minimum atomic E-state index is -0.376. The zero-order valence-corrected chi connectivity index (χ0v) is 19.3. The second-order valence-electron chi connectivity index (χ2n) is 8.61. The Labute approximate surface area is 196 Å². The third-order valence-corrected chi connectivity index (χ3v) is 5.82. The Morgan fingerprint density at radius 3 is 2.79 bits per heavy atom. The van der Waals surface area contributed by atoms with E-state index in [1.807, 2.05) is 41.3 Å². The molecule has 1 aliphatic carbocycles. The van der Waals surface area contributed by atoms with Crippen LogP contribution < -0.4 is 15.8 Å². The van der Waals surface area contributed by atoms with Crippen molar-refractivity contribution in [3.8, 4) is 23.0 Å². The molecule has 1 amide bonds. The normalized spacial score (nSPS) is 13.3. The number of nitrogens with one attached hydrogen (secondary N) is 1. The van der Waals surface area contributed by atoms with Crippen LogP contribution in [0.3, 0.4) is 0 Å². The monoisotopic (exact) mass is 458 g/mol. The van der Waals surface area contributed by atoms with E-state index < -0.39 is 0 Å². The number of hydrogen-bond acceptors (Lipinski definition) is 7. The molecule has 1 saturated carbocycles. The van der Waals surface area contributed by atoms with Gasteiger partial charge >= 0.3 is 0 Å². The fraction of sp³-hybridized carbons (Fsp3) is 0.292. The maximum Gasteiger partial charge on any atom is 0.258 e. The van der Waals surface area contributed by atoms with Crippen LogP contribution in [-0.4, -0.2) is 42.3 Å². The van der Waals surface area contributed by atoms with Crippen molar-refractivity contribution in [3.63, 3.8) is 0 Å². The van der Waals surface area contributed by atoms with Gasteiger partial charge in [0.15, 0.2) is 5.82 Å². The number of ether oxygens (including phenoxy) is 1. The smallest absolute Gasteiger partial charge is 0.258 e. The minimum absolute atomic E-state index is 0.172. The summed E-state index contributed by atoms with van der Waals surface area (Å²) in [7, 11) is 1.57. The molecule has 0 spiro atoms. The quantitative estimate of drug-likeness (QED) is 0.403. The molecular formula is C24H26N8O2. The molecule has 174 valence electrons. The zero-order chi connectivity index (χ0) is 23.8. The highest BCUT2D eigenvalue weighted by Crippen LogP contribution is 2.39. The number of amides is 1. The van der Waals surface area contributed by atoms with Gasteiger partial charge in [0.05, 0.1) is 30.4 Å². The molecule has 3 heterocycles. The van der Waals surface area contributed by atoms with Crippen LogP contribution in [0, 0.1) is 0 Å². The maximum atomic E-state index is 13.2. The fourth-order valence-electron chi connectivity index (χ4n) is 3.82. The molecule has 10 nitrogen and oxygen atoms in total. The highest BCUT2D eigenvalue weighted by atomic mass is 16.5. The summed E-state index contributed by atoms with van der Waals surface area (Å²) in [5.41, 5.74) is 9.17. The molecule has 0 atom stereocenters. The Morgan fingerprint density at radius 2 is 2.06 bits per heavy atom. The summed E-state index contributed by atoms with van der Waals surface area (Å²) < 4.78 is 9.30. The molecule has 0 aliphatic heterocycles. The van der Waals surface area contributed by atoms with Crippen molar-refractivity contribution in [3.05, 3.63) is 60.4 Å². The van der Waals surface area contributed by atoms with Crippen LogP contribution in [0.1, 0.15) is 54.7 Å². The first-order valence-electron chi connectivity index (χ1n) is 11.1. The molecule has 1 fully saturated rings. The summed E-state index contributed by atoms with van der Waals surface area (Å²) in [6, 6.07) is 8.89. The Kier molecular flexibility index (Phi) is 5.48. The van der Waals surface area contributed by atoms with Crippen LogP contribution in [-0.2, 0) is 0 Å². The van der Waals surface area contributed by atoms with E-state index in [0.717, 1.165) is 18.5 Å². The molecule has 0 unspecified atom stereocenters. The van der Waals surface area contributed by atoms with Crippen molar-refractivity contribution in [2.45, 2.75) is 38.6 Å². The predicted octanol–water partition coefficient (Wildman–Crippen LogP) is 3.83. The number of carbonyl (C=O) groups is 1. The van der Waals surface area contributed by atoms with E-state index in [9.17, 15) is 4.79 Å². The van der Waals surface area contributed by atoms with Gasteiger partial charge in [0.1, 0.15) is 23.6 Å². The number of anilines is 2. The van der Waals surface area contributed by atoms with Gasteiger partial charge in [-0.1, -0.05) is 6.07 Å². The fourth-order valence-corrected chi connectivity index (χ4v) is 3.82. The lowest BCUT2D eigenvalue weighted by Gasteiger charge is -2.14. The van der Waals surface area contributed by atoms with Crippen molar-refractivity contribution in [2.24, 2.45) is 0 Å². The van der Waals surface area contributed by atoms with Gasteiger partial charge in [-0.3, -0.25) is 4.79 Å². The Morgan fingerprint density at radius 1 is 1.24 bits per heavy atom. The summed E-state index contributed by atoms with van der Waals surface area (Å²) in [4.78, 5) is 22.2. The number of hydrogen-bond donors (Lipinski definition) is 2. The van der Waals surface area contributed by atoms with E-state index in [1.54, 1.807) is 38.0 Å². The Bertz CT molecular complexity index is 1350. The highest BCUT2D eigenvalue weighted by Gasteiger charge is 2.26. The van der Waals surface area contributed by atoms with Crippen LogP contribution in [0.4, 0.5) is 11.5 Å².